The SMILES string of the molecule is C=CC(=O)N1CCC(C(=O)Nc2sc(C)c(C)c2C(=O)OC)CC1. The fraction of sp³-hybridized carbons (Fsp3) is 0.471. The average Bonchev–Trinajstić information content (AvgIpc) is 2.87. The molecule has 0 unspecified atom stereocenters. The number of nitrogens with zero attached hydrogens (tertiary/aromatic N) is 1. The highest BCUT2D eigenvalue weighted by molar-refractivity contribution is 7.16. The van der Waals surface area contributed by atoms with Crippen molar-refractivity contribution in [2.75, 3.05) is 25.5 Å². The lowest BCUT2D eigenvalue weighted by Crippen LogP contribution is -2.40. The van der Waals surface area contributed by atoms with Crippen LogP contribution in [-0.4, -0.2) is 42.9 Å². The maximum absolute atomic E-state index is 12.5. The third-order valence-electron chi connectivity index (χ3n) is 4.36. The molecule has 0 aliphatic carbocycles. The molecule has 0 atom stereocenters. The molecule has 1 fully saturated rings. The molecule has 6 nitrogen and oxygen atoms in total. The van der Waals surface area contributed by atoms with Gasteiger partial charge in [-0.1, -0.05) is 6.58 Å². The molecule has 7 heteroatoms. The number of rotatable bonds is 4. The molecule has 0 radical (unpaired) electrons. The molecule has 2 heterocycles. The average molecular weight is 350 g/mol. The van der Waals surface area contributed by atoms with Crippen LogP contribution in [0.2, 0.25) is 0 Å². The molecule has 0 saturated carbocycles. The highest BCUT2D eigenvalue weighted by Gasteiger charge is 2.28. The quantitative estimate of drug-likeness (QED) is 0.669. The van der Waals surface area contributed by atoms with Gasteiger partial charge in [-0.3, -0.25) is 9.59 Å². The molecule has 1 aromatic heterocycles. The summed E-state index contributed by atoms with van der Waals surface area (Å²) in [7, 11) is 1.33. The molecule has 0 spiro atoms. The molecule has 0 aromatic carbocycles. The van der Waals surface area contributed by atoms with Gasteiger partial charge < -0.3 is 15.0 Å². The molecule has 1 N–H and O–H groups in total. The molecule has 2 amide bonds. The van der Waals surface area contributed by atoms with E-state index in [1.807, 2.05) is 13.8 Å². The highest BCUT2D eigenvalue weighted by atomic mass is 32.1. The molecule has 1 aliphatic heterocycles. The number of hydrogen-bond acceptors (Lipinski definition) is 5. The van der Waals surface area contributed by atoms with Crippen molar-refractivity contribution in [1.82, 2.24) is 4.90 Å². The van der Waals surface area contributed by atoms with Crippen LogP contribution in [0.15, 0.2) is 12.7 Å². The van der Waals surface area contributed by atoms with Crippen LogP contribution in [0, 0.1) is 19.8 Å². The number of carbonyl (C=O) groups excluding carboxylic acids is 3. The zero-order chi connectivity index (χ0) is 17.9. The van der Waals surface area contributed by atoms with E-state index >= 15 is 0 Å². The van der Waals surface area contributed by atoms with Gasteiger partial charge in [0.1, 0.15) is 5.00 Å². The molecule has 1 saturated heterocycles. The van der Waals surface area contributed by atoms with Gasteiger partial charge in [0.15, 0.2) is 0 Å². The number of hydrogen-bond donors (Lipinski definition) is 1. The highest BCUT2D eigenvalue weighted by Crippen LogP contribution is 2.33. The van der Waals surface area contributed by atoms with Gasteiger partial charge in [-0.05, 0) is 38.3 Å². The third-order valence-corrected chi connectivity index (χ3v) is 5.49. The summed E-state index contributed by atoms with van der Waals surface area (Å²) in [5, 5.41) is 3.40. The lowest BCUT2D eigenvalue weighted by Gasteiger charge is -2.30. The van der Waals surface area contributed by atoms with Crippen molar-refractivity contribution in [3.63, 3.8) is 0 Å². The van der Waals surface area contributed by atoms with Crippen LogP contribution in [0.25, 0.3) is 0 Å². The van der Waals surface area contributed by atoms with E-state index in [0.717, 1.165) is 10.4 Å². The Hall–Kier alpha value is -2.15. The van der Waals surface area contributed by atoms with Gasteiger partial charge in [0.25, 0.3) is 0 Å². The van der Waals surface area contributed by atoms with Crippen molar-refractivity contribution in [3.05, 3.63) is 28.7 Å². The van der Waals surface area contributed by atoms with E-state index in [2.05, 4.69) is 11.9 Å². The van der Waals surface area contributed by atoms with E-state index < -0.39 is 5.97 Å². The Bertz CT molecular complexity index is 672. The number of ether oxygens (including phenoxy) is 1. The van der Waals surface area contributed by atoms with Crippen LogP contribution >= 0.6 is 11.3 Å². The van der Waals surface area contributed by atoms with Crippen LogP contribution < -0.4 is 5.32 Å². The number of amides is 2. The number of esters is 1. The van der Waals surface area contributed by atoms with E-state index in [1.54, 1.807) is 4.90 Å². The van der Waals surface area contributed by atoms with E-state index in [1.165, 1.54) is 24.5 Å². The molecule has 1 aromatic rings. The van der Waals surface area contributed by atoms with Crippen molar-refractivity contribution in [3.8, 4) is 0 Å². The molecule has 0 bridgehead atoms. The lowest BCUT2D eigenvalue weighted by molar-refractivity contribution is -0.130. The predicted octanol–water partition coefficient (Wildman–Crippen LogP) is 2.51. The molecular weight excluding hydrogens is 328 g/mol. The van der Waals surface area contributed by atoms with Gasteiger partial charge in [0.05, 0.1) is 12.7 Å². The Kier molecular flexibility index (Phi) is 5.77. The summed E-state index contributed by atoms with van der Waals surface area (Å²) in [6, 6.07) is 0. The zero-order valence-electron chi connectivity index (χ0n) is 14.2. The van der Waals surface area contributed by atoms with Crippen molar-refractivity contribution < 1.29 is 19.1 Å². The normalized spacial score (nSPS) is 15.0. The first kappa shape index (κ1) is 18.2. The summed E-state index contributed by atoms with van der Waals surface area (Å²) in [5.74, 6) is -0.843. The minimum atomic E-state index is -0.446. The molecule has 2 rings (SSSR count). The Morgan fingerprint density at radius 1 is 1.29 bits per heavy atom. The van der Waals surface area contributed by atoms with Gasteiger partial charge in [-0.25, -0.2) is 4.79 Å². The van der Waals surface area contributed by atoms with Gasteiger partial charge in [0.2, 0.25) is 11.8 Å². The Balaban J connectivity index is 2.06. The number of anilines is 1. The van der Waals surface area contributed by atoms with Gasteiger partial charge in [-0.2, -0.15) is 0 Å². The number of carbonyl (C=O) groups is 3. The maximum Gasteiger partial charge on any atom is 0.341 e. The second-order valence-electron chi connectivity index (χ2n) is 5.77. The van der Waals surface area contributed by atoms with E-state index in [4.69, 9.17) is 4.74 Å². The largest absolute Gasteiger partial charge is 0.465 e. The van der Waals surface area contributed by atoms with Gasteiger partial charge in [0, 0.05) is 23.9 Å². The Labute approximate surface area is 145 Å². The topological polar surface area (TPSA) is 75.7 Å². The van der Waals surface area contributed by atoms with E-state index in [-0.39, 0.29) is 17.7 Å². The van der Waals surface area contributed by atoms with Crippen LogP contribution in [-0.2, 0) is 14.3 Å². The van der Waals surface area contributed by atoms with Gasteiger partial charge in [-0.15, -0.1) is 11.3 Å². The molecule has 130 valence electrons. The van der Waals surface area contributed by atoms with Crippen molar-refractivity contribution in [1.29, 1.82) is 0 Å². The third kappa shape index (κ3) is 3.67. The fourth-order valence-corrected chi connectivity index (χ4v) is 3.82. The number of likely N-dealkylation sites (tertiary alicyclic amines) is 1. The first-order valence-corrected chi connectivity index (χ1v) is 8.61. The van der Waals surface area contributed by atoms with Crippen LogP contribution in [0.4, 0.5) is 5.00 Å². The summed E-state index contributed by atoms with van der Waals surface area (Å²) in [6.45, 7) is 8.30. The van der Waals surface area contributed by atoms with E-state index in [9.17, 15) is 14.4 Å². The second-order valence-corrected chi connectivity index (χ2v) is 7.00. The summed E-state index contributed by atoms with van der Waals surface area (Å²) in [4.78, 5) is 38.7. The maximum atomic E-state index is 12.5. The minimum absolute atomic E-state index is 0.105. The predicted molar refractivity (Wildman–Crippen MR) is 93.3 cm³/mol. The van der Waals surface area contributed by atoms with Crippen molar-refractivity contribution in [2.24, 2.45) is 5.92 Å². The lowest BCUT2D eigenvalue weighted by atomic mass is 9.96. The summed E-state index contributed by atoms with van der Waals surface area (Å²) >= 11 is 1.38. The van der Waals surface area contributed by atoms with Gasteiger partial charge >= 0.3 is 5.97 Å². The van der Waals surface area contributed by atoms with Crippen molar-refractivity contribution >= 4 is 34.1 Å². The number of aryl methyl sites for hydroxylation is 1. The number of thiophene rings is 1. The molecule has 1 aliphatic rings. The summed E-state index contributed by atoms with van der Waals surface area (Å²) in [6.07, 6.45) is 2.49. The zero-order valence-corrected chi connectivity index (χ0v) is 15.0. The monoisotopic (exact) mass is 350 g/mol. The van der Waals surface area contributed by atoms with E-state index in [0.29, 0.717) is 36.5 Å². The molecular formula is C17H22N2O4S. The minimum Gasteiger partial charge on any atom is -0.465 e. The van der Waals surface area contributed by atoms with Crippen LogP contribution in [0.5, 0.6) is 0 Å². The van der Waals surface area contributed by atoms with Crippen molar-refractivity contribution in [2.45, 2.75) is 26.7 Å². The molecule has 24 heavy (non-hydrogen) atoms. The number of methoxy groups -OCH3 is 1. The number of piperidine rings is 1. The fourth-order valence-electron chi connectivity index (χ4n) is 2.77. The Morgan fingerprint density at radius 2 is 1.92 bits per heavy atom. The first-order chi connectivity index (χ1) is 11.4. The van der Waals surface area contributed by atoms with Crippen LogP contribution in [0.1, 0.15) is 33.6 Å². The smallest absolute Gasteiger partial charge is 0.341 e. The summed E-state index contributed by atoms with van der Waals surface area (Å²) < 4.78 is 4.81. The number of nitrogens with one attached hydrogen (secondary N) is 1. The standard InChI is InChI=1S/C17H22N2O4S/c1-5-13(20)19-8-6-12(7-9-19)15(21)18-16-14(17(22)23-4)10(2)11(3)24-16/h5,12H,1,6-9H2,2-4H3,(H,18,21). The Morgan fingerprint density at radius 3 is 2.46 bits per heavy atom. The van der Waals surface area contributed by atoms with Crippen LogP contribution in [0.3, 0.4) is 0 Å². The summed E-state index contributed by atoms with van der Waals surface area (Å²) in [5.41, 5.74) is 1.25. The second kappa shape index (κ2) is 7.61. The first-order valence-electron chi connectivity index (χ1n) is 7.79.